The van der Waals surface area contributed by atoms with Crippen molar-refractivity contribution >= 4 is 52.0 Å². The van der Waals surface area contributed by atoms with Crippen molar-refractivity contribution in [3.8, 4) is 0 Å². The SMILES string of the molecule is C=C(C)/C(=C\C(=C/C)n1c(C)ccc1/C(=C/C(Cl)=C\CC)COC/C=C(Cl)/C=C(Cl)\C=C/C)C(=O)OC.CC. The molecule has 0 unspecified atom stereocenters. The van der Waals surface area contributed by atoms with Crippen molar-refractivity contribution in [1.29, 1.82) is 0 Å². The van der Waals surface area contributed by atoms with Gasteiger partial charge in [0.2, 0.25) is 0 Å². The van der Waals surface area contributed by atoms with E-state index in [2.05, 4.69) is 6.58 Å². The fourth-order valence-electron chi connectivity index (χ4n) is 3.34. The fraction of sp³-hybridized carbons (Fsp3) is 0.344. The van der Waals surface area contributed by atoms with Crippen LogP contribution < -0.4 is 0 Å². The summed E-state index contributed by atoms with van der Waals surface area (Å²) in [6.45, 7) is 18.1. The van der Waals surface area contributed by atoms with E-state index in [4.69, 9.17) is 44.3 Å². The topological polar surface area (TPSA) is 40.5 Å². The molecule has 1 aromatic heterocycles. The van der Waals surface area contributed by atoms with E-state index in [0.29, 0.717) is 26.2 Å². The number of nitrogens with zero attached hydrogens (tertiary/aromatic N) is 1. The van der Waals surface area contributed by atoms with Crippen LogP contribution in [0.4, 0.5) is 0 Å². The number of methoxy groups -OCH3 is 1. The van der Waals surface area contributed by atoms with Crippen LogP contribution in [0.3, 0.4) is 0 Å². The predicted molar refractivity (Wildman–Crippen MR) is 171 cm³/mol. The number of carbonyl (C=O) groups is 1. The molecule has 214 valence electrons. The molecular formula is C32H42Cl3NO3. The van der Waals surface area contributed by atoms with Crippen molar-refractivity contribution in [2.24, 2.45) is 0 Å². The van der Waals surface area contributed by atoms with Crippen LogP contribution in [0.15, 0.2) is 93.6 Å². The van der Waals surface area contributed by atoms with Crippen LogP contribution in [0.1, 0.15) is 59.4 Å². The third kappa shape index (κ3) is 12.9. The monoisotopic (exact) mass is 593 g/mol. The zero-order chi connectivity index (χ0) is 30.0. The maximum absolute atomic E-state index is 12.4. The van der Waals surface area contributed by atoms with Crippen LogP contribution in [0, 0.1) is 6.92 Å². The highest BCUT2D eigenvalue weighted by Crippen LogP contribution is 2.27. The van der Waals surface area contributed by atoms with Gasteiger partial charge in [-0.2, -0.15) is 0 Å². The average molecular weight is 595 g/mol. The second-order valence-electron chi connectivity index (χ2n) is 8.04. The number of aromatic nitrogens is 1. The zero-order valence-corrected chi connectivity index (χ0v) is 26.7. The number of esters is 1. The molecule has 39 heavy (non-hydrogen) atoms. The van der Waals surface area contributed by atoms with Gasteiger partial charge < -0.3 is 14.0 Å². The highest BCUT2D eigenvalue weighted by molar-refractivity contribution is 6.35. The molecule has 0 N–H and O–H groups in total. The van der Waals surface area contributed by atoms with Crippen molar-refractivity contribution < 1.29 is 14.3 Å². The van der Waals surface area contributed by atoms with E-state index < -0.39 is 5.97 Å². The van der Waals surface area contributed by atoms with E-state index in [0.717, 1.165) is 29.1 Å². The highest BCUT2D eigenvalue weighted by Gasteiger charge is 2.16. The van der Waals surface area contributed by atoms with Crippen molar-refractivity contribution in [3.63, 3.8) is 0 Å². The Kier molecular flexibility index (Phi) is 19.1. The van der Waals surface area contributed by atoms with Gasteiger partial charge in [-0.3, -0.25) is 0 Å². The molecule has 7 heteroatoms. The summed E-state index contributed by atoms with van der Waals surface area (Å²) in [5.74, 6) is -0.446. The first-order valence-corrected chi connectivity index (χ1v) is 14.0. The van der Waals surface area contributed by atoms with E-state index >= 15 is 0 Å². The first kappa shape index (κ1) is 36.5. The molecule has 1 heterocycles. The molecular weight excluding hydrogens is 553 g/mol. The number of carbonyl (C=O) groups excluding carboxylic acids is 1. The first-order valence-electron chi connectivity index (χ1n) is 12.9. The van der Waals surface area contributed by atoms with E-state index in [9.17, 15) is 4.79 Å². The zero-order valence-electron chi connectivity index (χ0n) is 24.4. The quantitative estimate of drug-likeness (QED) is 0.0987. The third-order valence-electron chi connectivity index (χ3n) is 5.08. The molecule has 0 aliphatic heterocycles. The minimum absolute atomic E-state index is 0.273. The smallest absolute Gasteiger partial charge is 0.338 e. The molecule has 0 aliphatic rings. The standard InChI is InChI=1S/C30H36Cl3NO3.C2H6/c1-8-11-24(31)17-23(20-37-16-15-26(33)18-25(32)12-9-2)29-14-13-22(6)34(29)27(10-3)19-28(21(4)5)30(35)36-7;1-2/h9-15,17-19H,4,8,16,20H2,1-3,5-7H3;1-2H3/b12-9-,23-17+,24-11+,25-18+,26-15-,27-10+,28-19+;. The van der Waals surface area contributed by atoms with Crippen LogP contribution in [0.5, 0.6) is 0 Å². The number of allylic oxidation sites excluding steroid dienone is 11. The summed E-state index contributed by atoms with van der Waals surface area (Å²) < 4.78 is 12.9. The number of ether oxygens (including phenoxy) is 2. The van der Waals surface area contributed by atoms with Gasteiger partial charge in [-0.05, 0) is 82.2 Å². The summed E-state index contributed by atoms with van der Waals surface area (Å²) in [6, 6.07) is 4.00. The molecule has 0 saturated carbocycles. The lowest BCUT2D eigenvalue weighted by Gasteiger charge is -2.17. The number of aryl methyl sites for hydroxylation is 1. The predicted octanol–water partition coefficient (Wildman–Crippen LogP) is 10.1. The fourth-order valence-corrected chi connectivity index (χ4v) is 4.10. The molecule has 0 aromatic carbocycles. The molecule has 4 nitrogen and oxygen atoms in total. The van der Waals surface area contributed by atoms with Gasteiger partial charge in [-0.25, -0.2) is 4.79 Å². The van der Waals surface area contributed by atoms with Gasteiger partial charge in [-0.15, -0.1) is 0 Å². The van der Waals surface area contributed by atoms with Crippen LogP contribution >= 0.6 is 34.8 Å². The average Bonchev–Trinajstić information content (AvgIpc) is 3.28. The summed E-state index contributed by atoms with van der Waals surface area (Å²) in [5.41, 5.74) is 4.49. The lowest BCUT2D eigenvalue weighted by molar-refractivity contribution is -0.135. The number of halogens is 3. The Morgan fingerprint density at radius 1 is 1.03 bits per heavy atom. The van der Waals surface area contributed by atoms with Gasteiger partial charge in [-0.1, -0.05) is 80.4 Å². The third-order valence-corrected chi connectivity index (χ3v) is 5.84. The second-order valence-corrected chi connectivity index (χ2v) is 9.35. The second kappa shape index (κ2) is 20.4. The maximum Gasteiger partial charge on any atom is 0.338 e. The van der Waals surface area contributed by atoms with Gasteiger partial charge in [0.05, 0.1) is 31.6 Å². The minimum Gasteiger partial charge on any atom is -0.465 e. The maximum atomic E-state index is 12.4. The summed E-state index contributed by atoms with van der Waals surface area (Å²) in [7, 11) is 1.35. The summed E-state index contributed by atoms with van der Waals surface area (Å²) in [4.78, 5) is 12.4. The van der Waals surface area contributed by atoms with E-state index in [-0.39, 0.29) is 13.2 Å². The molecule has 0 atom stereocenters. The Balaban J connectivity index is 0.00000704. The number of hydrogen-bond acceptors (Lipinski definition) is 3. The lowest BCUT2D eigenvalue weighted by atomic mass is 10.1. The minimum atomic E-state index is -0.446. The first-order chi connectivity index (χ1) is 18.6. The van der Waals surface area contributed by atoms with Gasteiger partial charge in [0.15, 0.2) is 0 Å². The highest BCUT2D eigenvalue weighted by atomic mass is 35.5. The molecule has 0 saturated heterocycles. The Bertz CT molecular complexity index is 1180. The molecule has 0 fully saturated rings. The lowest BCUT2D eigenvalue weighted by Crippen LogP contribution is -2.10. The Morgan fingerprint density at radius 3 is 2.21 bits per heavy atom. The molecule has 1 aromatic rings. The summed E-state index contributed by atoms with van der Waals surface area (Å²) >= 11 is 18.8. The summed E-state index contributed by atoms with van der Waals surface area (Å²) in [5, 5.41) is 1.62. The molecule has 0 spiro atoms. The molecule has 0 bridgehead atoms. The van der Waals surface area contributed by atoms with E-state index in [1.807, 2.05) is 82.5 Å². The van der Waals surface area contributed by atoms with Crippen molar-refractivity contribution in [2.45, 2.75) is 54.9 Å². The van der Waals surface area contributed by atoms with Crippen molar-refractivity contribution in [3.05, 3.63) is 105 Å². The largest absolute Gasteiger partial charge is 0.465 e. The Morgan fingerprint density at radius 2 is 1.67 bits per heavy atom. The Labute approximate surface area is 250 Å². The Hall–Kier alpha value is -2.50. The van der Waals surface area contributed by atoms with Gasteiger partial charge >= 0.3 is 5.97 Å². The molecule has 0 aliphatic carbocycles. The van der Waals surface area contributed by atoms with Crippen LogP contribution in [0.2, 0.25) is 0 Å². The van der Waals surface area contributed by atoms with Gasteiger partial charge in [0, 0.05) is 32.1 Å². The summed E-state index contributed by atoms with van der Waals surface area (Å²) in [6.07, 6.45) is 15.3. The van der Waals surface area contributed by atoms with Crippen LogP contribution in [-0.2, 0) is 14.3 Å². The van der Waals surface area contributed by atoms with Gasteiger partial charge in [0.25, 0.3) is 0 Å². The van der Waals surface area contributed by atoms with Crippen LogP contribution in [-0.4, -0.2) is 30.9 Å². The van der Waals surface area contributed by atoms with Gasteiger partial charge in [0.1, 0.15) is 0 Å². The van der Waals surface area contributed by atoms with Crippen LogP contribution in [0.25, 0.3) is 11.3 Å². The number of hydrogen-bond donors (Lipinski definition) is 0. The number of rotatable bonds is 13. The van der Waals surface area contributed by atoms with E-state index in [1.54, 1.807) is 31.2 Å². The van der Waals surface area contributed by atoms with Crippen molar-refractivity contribution in [2.75, 3.05) is 20.3 Å². The molecule has 1 rings (SSSR count). The molecule has 0 amide bonds. The normalized spacial score (nSPS) is 13.9. The van der Waals surface area contributed by atoms with E-state index in [1.165, 1.54) is 7.11 Å². The molecule has 0 radical (unpaired) electrons. The van der Waals surface area contributed by atoms with Crippen molar-refractivity contribution in [1.82, 2.24) is 4.57 Å².